The van der Waals surface area contributed by atoms with Gasteiger partial charge in [0, 0.05) is 12.8 Å². The highest BCUT2D eigenvalue weighted by molar-refractivity contribution is 7.46. The van der Waals surface area contributed by atoms with Gasteiger partial charge >= 0.3 is 19.8 Å². The summed E-state index contributed by atoms with van der Waals surface area (Å²) in [5.41, 5.74) is 0. The van der Waals surface area contributed by atoms with Gasteiger partial charge in [-0.2, -0.15) is 0 Å². The van der Waals surface area contributed by atoms with Gasteiger partial charge in [0.25, 0.3) is 0 Å². The third-order valence-corrected chi connectivity index (χ3v) is 9.02. The predicted octanol–water partition coefficient (Wildman–Crippen LogP) is 11.5. The zero-order chi connectivity index (χ0) is 40.0. The number of phosphoric acid groups is 1. The van der Waals surface area contributed by atoms with Crippen molar-refractivity contribution in [1.29, 1.82) is 0 Å². The third kappa shape index (κ3) is 40.6. The van der Waals surface area contributed by atoms with Crippen LogP contribution in [0, 0.1) is 5.92 Å². The van der Waals surface area contributed by atoms with Gasteiger partial charge in [-0.25, -0.2) is 4.57 Å². The molecule has 0 fully saturated rings. The average Bonchev–Trinajstić information content (AvgIpc) is 3.12. The standard InChI is InChI=1S/C44H75O9P/c1-4-5-6-7-8-9-10-11-12-13-16-19-22-25-28-31-34-41(45)36-37-44(47)53-42(39-52-54(48,49)50)38-51-43(46)35-32-29-26-23-20-17-14-15-18-21-24-27-30-33-40(2)3/h5-6,8-9,11-12,16,19,25,28,31,34,40-42,45H,4,7,10,13-15,17-18,20-24,26-27,29-30,32-33,35-39H2,1-3H3,(H2,48,49,50)/b6-5-,9-8-,12-11-,19-16-,28-25-,34-31-/t41?,42-/m1/s1. The molecule has 0 saturated carbocycles. The van der Waals surface area contributed by atoms with Crippen LogP contribution in [0.3, 0.4) is 0 Å². The number of hydrogen-bond acceptors (Lipinski definition) is 7. The Kier molecular flexibility index (Phi) is 35.6. The van der Waals surface area contributed by atoms with Gasteiger partial charge in [0.1, 0.15) is 6.61 Å². The van der Waals surface area contributed by atoms with Crippen LogP contribution in [0.4, 0.5) is 0 Å². The van der Waals surface area contributed by atoms with Crippen molar-refractivity contribution in [3.63, 3.8) is 0 Å². The van der Waals surface area contributed by atoms with Crippen LogP contribution in [0.2, 0.25) is 0 Å². The normalized spacial score (nSPS) is 13.9. The topological polar surface area (TPSA) is 140 Å². The van der Waals surface area contributed by atoms with Crippen LogP contribution in [-0.4, -0.2) is 52.3 Å². The van der Waals surface area contributed by atoms with E-state index in [0.717, 1.165) is 57.3 Å². The minimum Gasteiger partial charge on any atom is -0.462 e. The largest absolute Gasteiger partial charge is 0.469 e. The smallest absolute Gasteiger partial charge is 0.462 e. The summed E-state index contributed by atoms with van der Waals surface area (Å²) in [4.78, 5) is 42.9. The molecule has 3 N–H and O–H groups in total. The van der Waals surface area contributed by atoms with E-state index < -0.39 is 38.6 Å². The molecule has 310 valence electrons. The van der Waals surface area contributed by atoms with E-state index in [2.05, 4.69) is 73.9 Å². The number of aliphatic hydroxyl groups excluding tert-OH is 1. The first-order chi connectivity index (χ1) is 26.0. The number of hydrogen-bond donors (Lipinski definition) is 3. The average molecular weight is 779 g/mol. The Balaban J connectivity index is 4.18. The fourth-order valence-electron chi connectivity index (χ4n) is 5.43. The molecular formula is C44H75O9P. The number of ether oxygens (including phenoxy) is 2. The van der Waals surface area contributed by atoms with Crippen LogP contribution < -0.4 is 0 Å². The number of carbonyl (C=O) groups excluding carboxylic acids is 2. The summed E-state index contributed by atoms with van der Waals surface area (Å²) in [6, 6.07) is 0. The summed E-state index contributed by atoms with van der Waals surface area (Å²) < 4.78 is 26.2. The van der Waals surface area contributed by atoms with Gasteiger partial charge in [-0.3, -0.25) is 14.1 Å². The molecule has 0 bridgehead atoms. The molecular weight excluding hydrogens is 703 g/mol. The van der Waals surface area contributed by atoms with Crippen molar-refractivity contribution in [2.45, 2.75) is 174 Å². The van der Waals surface area contributed by atoms with Crippen molar-refractivity contribution < 1.29 is 43.0 Å². The lowest BCUT2D eigenvalue weighted by Crippen LogP contribution is -2.29. The maximum absolute atomic E-state index is 12.4. The van der Waals surface area contributed by atoms with Crippen molar-refractivity contribution in [3.8, 4) is 0 Å². The highest BCUT2D eigenvalue weighted by Gasteiger charge is 2.23. The summed E-state index contributed by atoms with van der Waals surface area (Å²) in [5, 5.41) is 10.2. The maximum Gasteiger partial charge on any atom is 0.469 e. The fourth-order valence-corrected chi connectivity index (χ4v) is 5.79. The van der Waals surface area contributed by atoms with E-state index in [-0.39, 0.29) is 25.9 Å². The Bertz CT molecular complexity index is 1130. The van der Waals surface area contributed by atoms with E-state index in [9.17, 15) is 19.3 Å². The zero-order valence-electron chi connectivity index (χ0n) is 33.9. The molecule has 0 aliphatic carbocycles. The van der Waals surface area contributed by atoms with Crippen LogP contribution in [0.1, 0.15) is 162 Å². The second-order valence-corrected chi connectivity index (χ2v) is 15.5. The quantitative estimate of drug-likeness (QED) is 0.0186. The summed E-state index contributed by atoms with van der Waals surface area (Å²) in [7, 11) is -4.82. The molecule has 0 aliphatic rings. The molecule has 0 saturated heterocycles. The van der Waals surface area contributed by atoms with Gasteiger partial charge in [0.05, 0.1) is 12.7 Å². The van der Waals surface area contributed by atoms with Crippen LogP contribution >= 0.6 is 7.82 Å². The summed E-state index contributed by atoms with van der Waals surface area (Å²) in [6.07, 6.45) is 43.9. The Hall–Kier alpha value is -2.55. The molecule has 0 aliphatic heterocycles. The number of aliphatic hydroxyl groups is 1. The molecule has 54 heavy (non-hydrogen) atoms. The van der Waals surface area contributed by atoms with Gasteiger partial charge in [0.15, 0.2) is 6.10 Å². The predicted molar refractivity (Wildman–Crippen MR) is 222 cm³/mol. The molecule has 0 aromatic carbocycles. The van der Waals surface area contributed by atoms with E-state index in [1.165, 1.54) is 64.2 Å². The van der Waals surface area contributed by atoms with Gasteiger partial charge in [-0.05, 0) is 50.9 Å². The van der Waals surface area contributed by atoms with Crippen molar-refractivity contribution in [2.75, 3.05) is 13.2 Å². The summed E-state index contributed by atoms with van der Waals surface area (Å²) >= 11 is 0. The first kappa shape index (κ1) is 51.5. The van der Waals surface area contributed by atoms with Crippen LogP contribution in [0.25, 0.3) is 0 Å². The Morgan fingerprint density at radius 1 is 0.593 bits per heavy atom. The van der Waals surface area contributed by atoms with E-state index in [4.69, 9.17) is 19.3 Å². The number of esters is 2. The van der Waals surface area contributed by atoms with Crippen molar-refractivity contribution >= 4 is 19.8 Å². The number of unbranched alkanes of at least 4 members (excludes halogenated alkanes) is 12. The lowest BCUT2D eigenvalue weighted by atomic mass is 10.0. The third-order valence-electron chi connectivity index (χ3n) is 8.54. The van der Waals surface area contributed by atoms with Crippen LogP contribution in [0.5, 0.6) is 0 Å². The van der Waals surface area contributed by atoms with Gasteiger partial charge in [-0.1, -0.05) is 177 Å². The molecule has 1 unspecified atom stereocenters. The fraction of sp³-hybridized carbons (Fsp3) is 0.682. The van der Waals surface area contributed by atoms with Gasteiger partial charge in [0.2, 0.25) is 0 Å². The van der Waals surface area contributed by atoms with E-state index in [1.807, 2.05) is 12.2 Å². The summed E-state index contributed by atoms with van der Waals surface area (Å²) in [6.45, 7) is 5.69. The minimum atomic E-state index is -4.82. The molecule has 0 rings (SSSR count). The maximum atomic E-state index is 12.4. The molecule has 2 atom stereocenters. The Morgan fingerprint density at radius 3 is 1.57 bits per heavy atom. The lowest BCUT2D eigenvalue weighted by Gasteiger charge is -2.18. The van der Waals surface area contributed by atoms with Gasteiger partial charge in [-0.15, -0.1) is 0 Å². The zero-order valence-corrected chi connectivity index (χ0v) is 34.8. The number of carbonyl (C=O) groups is 2. The van der Waals surface area contributed by atoms with E-state index in [0.29, 0.717) is 6.42 Å². The molecule has 0 heterocycles. The number of phosphoric ester groups is 1. The monoisotopic (exact) mass is 779 g/mol. The van der Waals surface area contributed by atoms with E-state index >= 15 is 0 Å². The second-order valence-electron chi connectivity index (χ2n) is 14.3. The minimum absolute atomic E-state index is 0.0879. The Labute approximate surface area is 328 Å². The molecule has 0 aromatic heterocycles. The first-order valence-corrected chi connectivity index (χ1v) is 22.2. The van der Waals surface area contributed by atoms with E-state index in [1.54, 1.807) is 12.2 Å². The molecule has 0 spiro atoms. The number of allylic oxidation sites excluding steroid dienone is 11. The van der Waals surface area contributed by atoms with Gasteiger partial charge < -0.3 is 24.4 Å². The molecule has 0 radical (unpaired) electrons. The van der Waals surface area contributed by atoms with Crippen molar-refractivity contribution in [1.82, 2.24) is 0 Å². The van der Waals surface area contributed by atoms with Crippen LogP contribution in [-0.2, 0) is 28.2 Å². The first-order valence-electron chi connectivity index (χ1n) is 20.7. The van der Waals surface area contributed by atoms with Crippen LogP contribution in [0.15, 0.2) is 72.9 Å². The summed E-state index contributed by atoms with van der Waals surface area (Å²) in [5.74, 6) is -0.355. The molecule has 9 nitrogen and oxygen atoms in total. The lowest BCUT2D eigenvalue weighted by molar-refractivity contribution is -0.161. The van der Waals surface area contributed by atoms with Crippen molar-refractivity contribution in [2.24, 2.45) is 5.92 Å². The SMILES string of the molecule is CC/C=C\C/C=C\C/C=C\C/C=C\C/C=C\C=C/C(O)CCC(=O)O[C@H](COC(=O)CCCCCCCCCCCCCCCC(C)C)COP(=O)(O)O. The Morgan fingerprint density at radius 2 is 1.07 bits per heavy atom. The second kappa shape index (κ2) is 37.4. The molecule has 0 aromatic rings. The number of rotatable bonds is 36. The molecule has 10 heteroatoms. The molecule has 0 amide bonds. The van der Waals surface area contributed by atoms with Crippen molar-refractivity contribution in [3.05, 3.63) is 72.9 Å². The highest BCUT2D eigenvalue weighted by atomic mass is 31.2. The highest BCUT2D eigenvalue weighted by Crippen LogP contribution is 2.36.